The molecular weight excluding hydrogens is 170 g/mol. The molecule has 4 heteroatoms. The van der Waals surface area contributed by atoms with E-state index >= 15 is 0 Å². The zero-order chi connectivity index (χ0) is 9.68. The molecule has 0 aromatic rings. The van der Waals surface area contributed by atoms with Crippen molar-refractivity contribution >= 4 is 6.09 Å². The van der Waals surface area contributed by atoms with Gasteiger partial charge in [-0.25, -0.2) is 4.79 Å². The molecule has 0 aromatic carbocycles. The van der Waals surface area contributed by atoms with Crippen molar-refractivity contribution < 1.29 is 14.6 Å². The zero-order valence-electron chi connectivity index (χ0n) is 7.95. The van der Waals surface area contributed by atoms with Crippen molar-refractivity contribution in [3.8, 4) is 0 Å². The van der Waals surface area contributed by atoms with Crippen molar-refractivity contribution in [3.63, 3.8) is 0 Å². The molecule has 0 aromatic heterocycles. The highest BCUT2D eigenvalue weighted by Crippen LogP contribution is 2.34. The molecule has 2 atom stereocenters. The summed E-state index contributed by atoms with van der Waals surface area (Å²) in [5, 5.41) is 11.1. The van der Waals surface area contributed by atoms with E-state index in [1.807, 2.05) is 0 Å². The molecule has 2 N–H and O–H groups in total. The van der Waals surface area contributed by atoms with Crippen LogP contribution in [0.1, 0.15) is 26.2 Å². The maximum absolute atomic E-state index is 11.0. The molecule has 0 saturated heterocycles. The maximum Gasteiger partial charge on any atom is 0.407 e. The number of nitrogens with one attached hydrogen (secondary N) is 1. The van der Waals surface area contributed by atoms with Crippen molar-refractivity contribution in [1.82, 2.24) is 5.32 Å². The Morgan fingerprint density at radius 2 is 2.46 bits per heavy atom. The van der Waals surface area contributed by atoms with Gasteiger partial charge in [-0.15, -0.1) is 0 Å². The SMILES string of the molecule is CCCC1CC1NC(=O)OCCO. The number of aliphatic hydroxyl groups excluding tert-OH is 1. The Labute approximate surface area is 78.3 Å². The van der Waals surface area contributed by atoms with Crippen molar-refractivity contribution in [2.24, 2.45) is 5.92 Å². The molecule has 1 aliphatic carbocycles. The number of carbonyl (C=O) groups is 1. The Morgan fingerprint density at radius 3 is 3.08 bits per heavy atom. The average molecular weight is 187 g/mol. The van der Waals surface area contributed by atoms with Gasteiger partial charge in [-0.3, -0.25) is 0 Å². The Bertz CT molecular complexity index is 172. The highest BCUT2D eigenvalue weighted by atomic mass is 16.6. The fraction of sp³-hybridized carbons (Fsp3) is 0.889. The van der Waals surface area contributed by atoms with Crippen LogP contribution in [0.25, 0.3) is 0 Å². The predicted octanol–water partition coefficient (Wildman–Crippen LogP) is 0.893. The van der Waals surface area contributed by atoms with Gasteiger partial charge in [0.05, 0.1) is 6.61 Å². The summed E-state index contributed by atoms with van der Waals surface area (Å²) >= 11 is 0. The molecule has 1 amide bonds. The summed E-state index contributed by atoms with van der Waals surface area (Å²) in [6.45, 7) is 2.10. The topological polar surface area (TPSA) is 58.6 Å². The second-order valence-corrected chi connectivity index (χ2v) is 3.39. The fourth-order valence-electron chi connectivity index (χ4n) is 1.45. The molecule has 1 aliphatic rings. The van der Waals surface area contributed by atoms with Crippen molar-refractivity contribution in [1.29, 1.82) is 0 Å². The largest absolute Gasteiger partial charge is 0.447 e. The molecule has 0 radical (unpaired) electrons. The highest BCUT2D eigenvalue weighted by molar-refractivity contribution is 5.68. The third kappa shape index (κ3) is 3.63. The Kier molecular flexibility index (Phi) is 4.02. The fourth-order valence-corrected chi connectivity index (χ4v) is 1.45. The lowest BCUT2D eigenvalue weighted by Gasteiger charge is -2.04. The standard InChI is InChI=1S/C9H17NO3/c1-2-3-7-6-8(7)10-9(12)13-5-4-11/h7-8,11H,2-6H2,1H3,(H,10,12). The van der Waals surface area contributed by atoms with Gasteiger partial charge in [-0.2, -0.15) is 0 Å². The van der Waals surface area contributed by atoms with Crippen LogP contribution in [0, 0.1) is 5.92 Å². The van der Waals surface area contributed by atoms with Gasteiger partial charge in [-0.05, 0) is 18.8 Å². The summed E-state index contributed by atoms with van der Waals surface area (Å²) in [5.74, 6) is 0.645. The Morgan fingerprint density at radius 1 is 1.69 bits per heavy atom. The molecular formula is C9H17NO3. The van der Waals surface area contributed by atoms with E-state index in [-0.39, 0.29) is 13.2 Å². The van der Waals surface area contributed by atoms with Gasteiger partial charge >= 0.3 is 6.09 Å². The van der Waals surface area contributed by atoms with Gasteiger partial charge in [-0.1, -0.05) is 13.3 Å². The molecule has 1 fully saturated rings. The lowest BCUT2D eigenvalue weighted by atomic mass is 10.2. The predicted molar refractivity (Wildman–Crippen MR) is 48.4 cm³/mol. The van der Waals surface area contributed by atoms with Crippen LogP contribution in [0.4, 0.5) is 4.79 Å². The second kappa shape index (κ2) is 5.07. The van der Waals surface area contributed by atoms with E-state index in [2.05, 4.69) is 17.0 Å². The van der Waals surface area contributed by atoms with Crippen LogP contribution in [-0.2, 0) is 4.74 Å². The lowest BCUT2D eigenvalue weighted by Crippen LogP contribution is -2.28. The van der Waals surface area contributed by atoms with E-state index in [4.69, 9.17) is 5.11 Å². The van der Waals surface area contributed by atoms with Gasteiger partial charge < -0.3 is 15.2 Å². The van der Waals surface area contributed by atoms with Crippen LogP contribution in [0.2, 0.25) is 0 Å². The zero-order valence-corrected chi connectivity index (χ0v) is 7.95. The molecule has 2 unspecified atom stereocenters. The molecule has 1 rings (SSSR count). The second-order valence-electron chi connectivity index (χ2n) is 3.39. The summed E-state index contributed by atoms with van der Waals surface area (Å²) in [7, 11) is 0. The summed E-state index contributed by atoms with van der Waals surface area (Å²) in [5.41, 5.74) is 0. The third-order valence-electron chi connectivity index (χ3n) is 2.21. The molecule has 0 bridgehead atoms. The number of alkyl carbamates (subject to hydrolysis) is 1. The van der Waals surface area contributed by atoms with Crippen LogP contribution in [-0.4, -0.2) is 30.5 Å². The molecule has 1 saturated carbocycles. The van der Waals surface area contributed by atoms with E-state index in [9.17, 15) is 4.79 Å². The molecule has 0 aliphatic heterocycles. The van der Waals surface area contributed by atoms with Gasteiger partial charge in [0.15, 0.2) is 0 Å². The first-order valence-corrected chi connectivity index (χ1v) is 4.82. The molecule has 0 heterocycles. The van der Waals surface area contributed by atoms with Gasteiger partial charge in [0.25, 0.3) is 0 Å². The van der Waals surface area contributed by atoms with E-state index in [0.29, 0.717) is 12.0 Å². The van der Waals surface area contributed by atoms with Gasteiger partial charge in [0, 0.05) is 6.04 Å². The first-order valence-electron chi connectivity index (χ1n) is 4.82. The first kappa shape index (κ1) is 10.3. The smallest absolute Gasteiger partial charge is 0.407 e. The van der Waals surface area contributed by atoms with Crippen LogP contribution in [0.3, 0.4) is 0 Å². The number of amides is 1. The number of carbonyl (C=O) groups excluding carboxylic acids is 1. The molecule has 0 spiro atoms. The minimum atomic E-state index is -0.405. The van der Waals surface area contributed by atoms with Crippen molar-refractivity contribution in [3.05, 3.63) is 0 Å². The quantitative estimate of drug-likeness (QED) is 0.672. The summed E-state index contributed by atoms with van der Waals surface area (Å²) in [6, 6.07) is 0.311. The van der Waals surface area contributed by atoms with Gasteiger partial charge in [0.2, 0.25) is 0 Å². The van der Waals surface area contributed by atoms with Gasteiger partial charge in [0.1, 0.15) is 6.61 Å². The Balaban J connectivity index is 2.03. The number of aliphatic hydroxyl groups is 1. The third-order valence-corrected chi connectivity index (χ3v) is 2.21. The maximum atomic E-state index is 11.0. The van der Waals surface area contributed by atoms with E-state index in [1.165, 1.54) is 6.42 Å². The Hall–Kier alpha value is -0.770. The summed E-state index contributed by atoms with van der Waals surface area (Å²) in [4.78, 5) is 11.0. The van der Waals surface area contributed by atoms with Crippen LogP contribution in [0.15, 0.2) is 0 Å². The number of hydrogen-bond acceptors (Lipinski definition) is 3. The minimum Gasteiger partial charge on any atom is -0.447 e. The first-order chi connectivity index (χ1) is 6.27. The van der Waals surface area contributed by atoms with Crippen LogP contribution >= 0.6 is 0 Å². The normalized spacial score (nSPS) is 25.4. The van der Waals surface area contributed by atoms with Crippen LogP contribution in [0.5, 0.6) is 0 Å². The lowest BCUT2D eigenvalue weighted by molar-refractivity contribution is 0.118. The van der Waals surface area contributed by atoms with E-state index in [0.717, 1.165) is 12.8 Å². The number of ether oxygens (including phenoxy) is 1. The summed E-state index contributed by atoms with van der Waals surface area (Å²) in [6.07, 6.45) is 3.00. The minimum absolute atomic E-state index is 0.0804. The van der Waals surface area contributed by atoms with Crippen molar-refractivity contribution in [2.75, 3.05) is 13.2 Å². The molecule has 13 heavy (non-hydrogen) atoms. The number of hydrogen-bond donors (Lipinski definition) is 2. The summed E-state index contributed by atoms with van der Waals surface area (Å²) < 4.78 is 4.67. The molecule has 76 valence electrons. The average Bonchev–Trinajstić information content (AvgIpc) is 2.81. The molecule has 4 nitrogen and oxygen atoms in total. The van der Waals surface area contributed by atoms with E-state index < -0.39 is 6.09 Å². The monoisotopic (exact) mass is 187 g/mol. The van der Waals surface area contributed by atoms with Crippen molar-refractivity contribution in [2.45, 2.75) is 32.2 Å². The highest BCUT2D eigenvalue weighted by Gasteiger charge is 2.37. The number of rotatable bonds is 5. The van der Waals surface area contributed by atoms with E-state index in [1.54, 1.807) is 0 Å². The van der Waals surface area contributed by atoms with Crippen LogP contribution < -0.4 is 5.32 Å².